The molecule has 2 aromatic carbocycles. The molecule has 1 saturated heterocycles. The number of carboxylic acids is 1. The number of benzene rings is 2. The van der Waals surface area contributed by atoms with Gasteiger partial charge in [0.05, 0.1) is 5.01 Å². The van der Waals surface area contributed by atoms with E-state index in [-0.39, 0.29) is 60.9 Å². The molecule has 1 aromatic heterocycles. The van der Waals surface area contributed by atoms with Crippen molar-refractivity contribution < 1.29 is 23.1 Å². The van der Waals surface area contributed by atoms with E-state index in [9.17, 15) is 23.1 Å². The van der Waals surface area contributed by atoms with E-state index in [1.54, 1.807) is 29.5 Å². The van der Waals surface area contributed by atoms with Gasteiger partial charge in [0.15, 0.2) is 11.6 Å². The number of piperidine rings is 1. The molecule has 0 spiro atoms. The van der Waals surface area contributed by atoms with Crippen LogP contribution in [0.4, 0.5) is 13.2 Å². The standard InChI is InChI=1S/C33H40F3N3O2S.3ClH/c1-20(2)32(33(40)41)38(3)26-16-24(27(17-26)23-5-4-6-25(34)15-23)19-39-11-9-22(10-12-39)30-18-37-31(42-30)14-21-7-8-28(35)29(36)13-21;;;/h4-8,13,15,18,20,22,24,26-27,32H,9-12,14,16-17,19H2,1-3H3,(H,40,41);3*1H/t24?,26?,27?,32-;;;/m1.../s1. The van der Waals surface area contributed by atoms with E-state index in [0.29, 0.717) is 23.8 Å². The predicted molar refractivity (Wildman–Crippen MR) is 181 cm³/mol. The number of aromatic nitrogens is 1. The Morgan fingerprint density at radius 2 is 1.76 bits per heavy atom. The normalized spacial score (nSPS) is 21.2. The Balaban J connectivity index is 0.00000235. The highest BCUT2D eigenvalue weighted by Crippen LogP contribution is 2.44. The molecule has 1 N–H and O–H groups in total. The van der Waals surface area contributed by atoms with Crippen molar-refractivity contribution in [2.45, 2.75) is 69.9 Å². The van der Waals surface area contributed by atoms with Crippen LogP contribution < -0.4 is 0 Å². The van der Waals surface area contributed by atoms with Gasteiger partial charge >= 0.3 is 5.97 Å². The van der Waals surface area contributed by atoms with Crippen molar-refractivity contribution in [3.63, 3.8) is 0 Å². The van der Waals surface area contributed by atoms with Crippen molar-refractivity contribution >= 4 is 54.5 Å². The van der Waals surface area contributed by atoms with Crippen LogP contribution in [0.3, 0.4) is 0 Å². The van der Waals surface area contributed by atoms with Crippen molar-refractivity contribution in [2.24, 2.45) is 11.8 Å². The third-order valence-corrected chi connectivity index (χ3v) is 10.4. The van der Waals surface area contributed by atoms with Gasteiger partial charge in [0.1, 0.15) is 11.9 Å². The molecule has 0 radical (unpaired) electrons. The van der Waals surface area contributed by atoms with E-state index in [0.717, 1.165) is 62.0 Å². The Morgan fingerprint density at radius 1 is 1.04 bits per heavy atom. The zero-order valence-electron chi connectivity index (χ0n) is 25.7. The molecule has 3 aromatic rings. The number of aliphatic carboxylic acids is 1. The number of nitrogens with zero attached hydrogens (tertiary/aromatic N) is 3. The zero-order chi connectivity index (χ0) is 30.0. The van der Waals surface area contributed by atoms with Crippen molar-refractivity contribution in [3.05, 3.63) is 87.1 Å². The molecule has 5 rings (SSSR count). The van der Waals surface area contributed by atoms with Gasteiger partial charge < -0.3 is 10.0 Å². The first kappa shape index (κ1) is 39.3. The molecule has 250 valence electrons. The molecule has 4 atom stereocenters. The number of carbonyl (C=O) groups is 1. The van der Waals surface area contributed by atoms with E-state index < -0.39 is 23.6 Å². The molecule has 0 amide bonds. The predicted octanol–water partition coefficient (Wildman–Crippen LogP) is 8.20. The Bertz CT molecular complexity index is 1390. The summed E-state index contributed by atoms with van der Waals surface area (Å²) < 4.78 is 41.1. The molecule has 0 bridgehead atoms. The molecule has 1 aliphatic carbocycles. The molecule has 45 heavy (non-hydrogen) atoms. The van der Waals surface area contributed by atoms with Crippen LogP contribution in [0.2, 0.25) is 0 Å². The summed E-state index contributed by atoms with van der Waals surface area (Å²) in [4.78, 5) is 22.4. The van der Waals surface area contributed by atoms with Crippen molar-refractivity contribution in [1.29, 1.82) is 0 Å². The maximum Gasteiger partial charge on any atom is 0.321 e. The lowest BCUT2D eigenvalue weighted by Crippen LogP contribution is -2.47. The van der Waals surface area contributed by atoms with Crippen molar-refractivity contribution in [2.75, 3.05) is 26.7 Å². The second kappa shape index (κ2) is 17.3. The third-order valence-electron chi connectivity index (χ3n) is 9.24. The lowest BCUT2D eigenvalue weighted by molar-refractivity contribution is -0.145. The van der Waals surface area contributed by atoms with Crippen LogP contribution >= 0.6 is 48.6 Å². The van der Waals surface area contributed by atoms with Gasteiger partial charge in [-0.2, -0.15) is 0 Å². The highest BCUT2D eigenvalue weighted by atomic mass is 35.5. The highest BCUT2D eigenvalue weighted by molar-refractivity contribution is 7.11. The summed E-state index contributed by atoms with van der Waals surface area (Å²) in [5.74, 6) is -1.81. The summed E-state index contributed by atoms with van der Waals surface area (Å²) in [6.07, 6.45) is 6.16. The molecule has 3 unspecified atom stereocenters. The second-order valence-electron chi connectivity index (χ2n) is 12.4. The topological polar surface area (TPSA) is 56.7 Å². The monoisotopic (exact) mass is 707 g/mol. The average molecular weight is 709 g/mol. The fourth-order valence-electron chi connectivity index (χ4n) is 7.08. The van der Waals surface area contributed by atoms with Crippen LogP contribution in [-0.4, -0.2) is 64.6 Å². The van der Waals surface area contributed by atoms with Gasteiger partial charge in [0, 0.05) is 30.1 Å². The van der Waals surface area contributed by atoms with E-state index in [2.05, 4.69) is 9.88 Å². The molecular weight excluding hydrogens is 666 g/mol. The number of thiazole rings is 1. The minimum absolute atomic E-state index is 0. The maximum atomic E-state index is 14.2. The Kier molecular flexibility index (Phi) is 15.1. The summed E-state index contributed by atoms with van der Waals surface area (Å²) >= 11 is 1.65. The van der Waals surface area contributed by atoms with E-state index in [1.165, 1.54) is 17.0 Å². The summed E-state index contributed by atoms with van der Waals surface area (Å²) in [7, 11) is 1.93. The SMILES string of the molecule is CC(C)[C@H](C(=O)O)N(C)C1CC(CN2CCC(c3cnc(Cc4ccc(F)c(F)c4)s3)CC2)C(c2cccc(F)c2)C1.Cl.Cl.Cl. The molecule has 12 heteroatoms. The minimum Gasteiger partial charge on any atom is -0.480 e. The molecule has 1 aliphatic heterocycles. The smallest absolute Gasteiger partial charge is 0.321 e. The maximum absolute atomic E-state index is 14.2. The number of likely N-dealkylation sites (N-methyl/N-ethyl adjacent to an activating group) is 1. The highest BCUT2D eigenvalue weighted by Gasteiger charge is 2.41. The molecule has 5 nitrogen and oxygen atoms in total. The van der Waals surface area contributed by atoms with E-state index in [1.807, 2.05) is 38.1 Å². The molecule has 1 saturated carbocycles. The van der Waals surface area contributed by atoms with E-state index in [4.69, 9.17) is 0 Å². The number of rotatable bonds is 10. The van der Waals surface area contributed by atoms with Gasteiger partial charge in [0.2, 0.25) is 0 Å². The fourth-order valence-corrected chi connectivity index (χ4v) is 8.21. The minimum atomic E-state index is -0.840. The van der Waals surface area contributed by atoms with Crippen LogP contribution in [0, 0.1) is 29.3 Å². The van der Waals surface area contributed by atoms with Crippen molar-refractivity contribution in [1.82, 2.24) is 14.8 Å². The zero-order valence-corrected chi connectivity index (χ0v) is 29.0. The van der Waals surface area contributed by atoms with Crippen LogP contribution in [0.15, 0.2) is 48.7 Å². The van der Waals surface area contributed by atoms with Crippen LogP contribution in [0.25, 0.3) is 0 Å². The first-order valence-electron chi connectivity index (χ1n) is 14.9. The van der Waals surface area contributed by atoms with Crippen molar-refractivity contribution in [3.8, 4) is 0 Å². The van der Waals surface area contributed by atoms with Gasteiger partial charge in [-0.15, -0.1) is 48.6 Å². The Hall–Kier alpha value is -1.88. The van der Waals surface area contributed by atoms with Gasteiger partial charge in [-0.1, -0.05) is 32.0 Å². The molecule has 2 fully saturated rings. The van der Waals surface area contributed by atoms with Gasteiger partial charge in [-0.25, -0.2) is 18.2 Å². The first-order chi connectivity index (χ1) is 20.1. The van der Waals surface area contributed by atoms with Crippen LogP contribution in [0.1, 0.15) is 72.4 Å². The molecule has 2 aliphatic rings. The van der Waals surface area contributed by atoms with Crippen LogP contribution in [0.5, 0.6) is 0 Å². The quantitative estimate of drug-likeness (QED) is 0.230. The summed E-state index contributed by atoms with van der Waals surface area (Å²) in [6.45, 7) is 6.71. The van der Waals surface area contributed by atoms with Gasteiger partial charge in [-0.3, -0.25) is 9.69 Å². The summed E-state index contributed by atoms with van der Waals surface area (Å²) in [5, 5.41) is 10.8. The summed E-state index contributed by atoms with van der Waals surface area (Å²) in [5.41, 5.74) is 1.71. The number of hydrogen-bond acceptors (Lipinski definition) is 5. The number of hydrogen-bond donors (Lipinski definition) is 1. The van der Waals surface area contributed by atoms with Gasteiger partial charge in [-0.05, 0) is 105 Å². The number of carboxylic acid groups (broad SMARTS) is 1. The Labute approximate surface area is 286 Å². The average Bonchev–Trinajstić information content (AvgIpc) is 3.58. The third kappa shape index (κ3) is 9.58. The lowest BCUT2D eigenvalue weighted by Gasteiger charge is -2.35. The molecular formula is C33H43Cl3F3N3O2S. The van der Waals surface area contributed by atoms with E-state index >= 15 is 0 Å². The fraction of sp³-hybridized carbons (Fsp3) is 0.515. The molecule has 2 heterocycles. The number of likely N-dealkylation sites (tertiary alicyclic amines) is 1. The lowest BCUT2D eigenvalue weighted by atomic mass is 9.87. The van der Waals surface area contributed by atoms with Gasteiger partial charge in [0.25, 0.3) is 0 Å². The number of halogens is 6. The largest absolute Gasteiger partial charge is 0.480 e. The van der Waals surface area contributed by atoms with Crippen LogP contribution in [-0.2, 0) is 11.2 Å². The second-order valence-corrected chi connectivity index (χ2v) is 13.5. The Morgan fingerprint density at radius 3 is 2.38 bits per heavy atom. The summed E-state index contributed by atoms with van der Waals surface area (Å²) in [6, 6.07) is 10.5. The first-order valence-corrected chi connectivity index (χ1v) is 15.7.